The van der Waals surface area contributed by atoms with Crippen molar-refractivity contribution in [3.63, 3.8) is 0 Å². The Labute approximate surface area is 416 Å². The first-order valence-electron chi connectivity index (χ1n) is 24.8. The average molecular weight is 964 g/mol. The molecule has 13 nitrogen and oxygen atoms in total. The standard InChI is InChI=1S/C58H65N3O10/c1-5-7-32-67-57(64)60(37-44-18-14-17-42-15-8-9-19-48(42)44)54-36-52(59-69-38-41-22-24-45(25-23-41)61(65)66)50-34-43(16-10-12-29-62)49(20-11-13-30-63)55-51-35-47(70-46-26-21-39(3)40(4)33-46)27-28-53(51)71-58(54,56(50)55)68-31-6-2/h5-6,8-9,14-15,17-19,21-28,33-35,43,49,54-56,62-63H,1-2,7,10-13,16,20,29-32,36-38H2,3-4H3/t43-,49+,54-,55+,56+,58+/m0/s1. The fraction of sp³-hybridized carbons (Fsp3) is 0.379. The van der Waals surface area contributed by atoms with E-state index in [0.29, 0.717) is 47.8 Å². The van der Waals surface area contributed by atoms with E-state index in [9.17, 15) is 20.3 Å². The minimum absolute atomic E-state index is 0.00375. The third-order valence-corrected chi connectivity index (χ3v) is 14.3. The highest BCUT2D eigenvalue weighted by molar-refractivity contribution is 6.03. The normalized spacial score (nSPS) is 21.5. The van der Waals surface area contributed by atoms with E-state index in [1.54, 1.807) is 29.2 Å². The van der Waals surface area contributed by atoms with Crippen molar-refractivity contribution in [2.75, 3.05) is 26.4 Å². The number of nitro groups is 1. The molecule has 6 atom stereocenters. The first-order valence-corrected chi connectivity index (χ1v) is 24.8. The van der Waals surface area contributed by atoms with Crippen LogP contribution in [0.1, 0.15) is 85.1 Å². The summed E-state index contributed by atoms with van der Waals surface area (Å²) in [6, 6.07) is 31.4. The second-order valence-corrected chi connectivity index (χ2v) is 18.8. The van der Waals surface area contributed by atoms with Crippen molar-refractivity contribution in [2.45, 2.75) is 96.1 Å². The lowest BCUT2D eigenvalue weighted by molar-refractivity contribution is -0.384. The Kier molecular flexibility index (Phi) is 16.7. The molecule has 1 aliphatic heterocycles. The molecule has 0 aromatic heterocycles. The van der Waals surface area contributed by atoms with Crippen molar-refractivity contribution in [2.24, 2.45) is 22.9 Å². The van der Waals surface area contributed by atoms with Crippen LogP contribution in [0.3, 0.4) is 0 Å². The Bertz CT molecular complexity index is 2750. The zero-order valence-electron chi connectivity index (χ0n) is 40.7. The van der Waals surface area contributed by atoms with Crippen LogP contribution in [0.4, 0.5) is 10.5 Å². The summed E-state index contributed by atoms with van der Waals surface area (Å²) < 4.78 is 27.5. The molecule has 1 heterocycles. The summed E-state index contributed by atoms with van der Waals surface area (Å²) in [6.45, 7) is 12.5. The molecule has 1 amide bonds. The molecule has 0 saturated heterocycles. The number of unbranched alkanes of at least 4 members (excludes halogenated alkanes) is 2. The van der Waals surface area contributed by atoms with Gasteiger partial charge in [-0.1, -0.05) is 84.8 Å². The highest BCUT2D eigenvalue weighted by Gasteiger charge is 2.65. The number of aryl methyl sites for hydroxylation is 2. The number of hydrogen-bond donors (Lipinski definition) is 2. The predicted molar refractivity (Wildman–Crippen MR) is 274 cm³/mol. The number of aliphatic hydroxyl groups excluding tert-OH is 2. The van der Waals surface area contributed by atoms with Gasteiger partial charge in [-0.15, -0.1) is 13.2 Å². The Morgan fingerprint density at radius 3 is 2.39 bits per heavy atom. The number of benzene rings is 5. The summed E-state index contributed by atoms with van der Waals surface area (Å²) in [5.74, 6) is -0.527. The van der Waals surface area contributed by atoms with Gasteiger partial charge in [-0.25, -0.2) is 4.79 Å². The fourth-order valence-corrected chi connectivity index (χ4v) is 10.8. The minimum Gasteiger partial charge on any atom is -0.459 e. The number of non-ortho nitro benzene ring substituents is 1. The number of nitrogens with zero attached hydrogens (tertiary/aromatic N) is 3. The van der Waals surface area contributed by atoms with Crippen LogP contribution in [0, 0.1) is 41.7 Å². The molecule has 2 aliphatic carbocycles. The van der Waals surface area contributed by atoms with Crippen LogP contribution < -0.4 is 9.47 Å². The number of rotatable bonds is 23. The number of carbonyl (C=O) groups is 1. The molecule has 0 unspecified atom stereocenters. The summed E-state index contributed by atoms with van der Waals surface area (Å²) in [6.07, 6.45) is 10.0. The predicted octanol–water partition coefficient (Wildman–Crippen LogP) is 12.2. The summed E-state index contributed by atoms with van der Waals surface area (Å²) in [7, 11) is 0. The Hall–Kier alpha value is -6.80. The smallest absolute Gasteiger partial charge is 0.410 e. The Morgan fingerprint density at radius 2 is 1.65 bits per heavy atom. The van der Waals surface area contributed by atoms with Gasteiger partial charge in [-0.05, 0) is 139 Å². The van der Waals surface area contributed by atoms with Crippen molar-refractivity contribution in [1.82, 2.24) is 4.90 Å². The largest absolute Gasteiger partial charge is 0.459 e. The van der Waals surface area contributed by atoms with Gasteiger partial charge in [0.05, 0.1) is 36.3 Å². The second-order valence-electron chi connectivity index (χ2n) is 18.8. The van der Waals surface area contributed by atoms with Crippen LogP contribution in [-0.2, 0) is 27.5 Å². The molecule has 8 rings (SSSR count). The van der Waals surface area contributed by atoms with E-state index < -0.39 is 28.8 Å². The van der Waals surface area contributed by atoms with E-state index in [1.807, 2.05) is 72.8 Å². The first-order chi connectivity index (χ1) is 34.6. The third-order valence-electron chi connectivity index (χ3n) is 14.3. The highest BCUT2D eigenvalue weighted by Crippen LogP contribution is 2.62. The number of ether oxygens (including phenoxy) is 4. The second kappa shape index (κ2) is 23.4. The monoisotopic (exact) mass is 963 g/mol. The van der Waals surface area contributed by atoms with Gasteiger partial charge in [0.2, 0.25) is 5.79 Å². The topological polar surface area (TPSA) is 162 Å². The lowest BCUT2D eigenvalue weighted by Gasteiger charge is -2.59. The number of allylic oxidation sites excluding steroid dienone is 1. The van der Waals surface area contributed by atoms with Gasteiger partial charge in [-0.2, -0.15) is 0 Å². The average Bonchev–Trinajstić information content (AvgIpc) is 3.37. The molecular weight excluding hydrogens is 899 g/mol. The number of oxime groups is 1. The molecule has 13 heteroatoms. The molecule has 0 radical (unpaired) electrons. The SMILES string of the molecule is C=CCCOC(=O)N(Cc1cccc2ccccc12)[C@H]1CC(=NOCc2ccc([N+](=O)[O-])cc2)C2=C[C@H](CCCCO)[C@@H](CCCCO)[C@@H]3c4cc(Oc5ccc(C)c(C)c5)ccc4O[C@@]1(OCC=C)[C@H]23. The number of hydrogen-bond acceptors (Lipinski definition) is 11. The van der Waals surface area contributed by atoms with Crippen molar-refractivity contribution >= 4 is 28.3 Å². The lowest BCUT2D eigenvalue weighted by Crippen LogP contribution is -2.70. The first kappa shape index (κ1) is 50.6. The number of carbonyl (C=O) groups excluding carboxylic acids is 1. The van der Waals surface area contributed by atoms with Crippen molar-refractivity contribution in [3.8, 4) is 17.2 Å². The van der Waals surface area contributed by atoms with E-state index in [4.69, 9.17) is 28.9 Å². The molecule has 5 aromatic rings. The summed E-state index contributed by atoms with van der Waals surface area (Å²) in [4.78, 5) is 34.1. The van der Waals surface area contributed by atoms with Crippen LogP contribution in [0.5, 0.6) is 17.2 Å². The van der Waals surface area contributed by atoms with Gasteiger partial charge in [0.25, 0.3) is 5.69 Å². The highest BCUT2D eigenvalue weighted by atomic mass is 16.7. The Balaban J connectivity index is 1.35. The molecule has 0 spiro atoms. The molecule has 372 valence electrons. The van der Waals surface area contributed by atoms with Crippen molar-refractivity contribution in [3.05, 3.63) is 178 Å². The van der Waals surface area contributed by atoms with Gasteiger partial charge >= 0.3 is 6.09 Å². The van der Waals surface area contributed by atoms with Crippen LogP contribution in [-0.4, -0.2) is 70.1 Å². The van der Waals surface area contributed by atoms with E-state index >= 15 is 4.79 Å². The molecule has 3 aliphatic rings. The zero-order chi connectivity index (χ0) is 49.9. The van der Waals surface area contributed by atoms with Gasteiger partial charge < -0.3 is 34.0 Å². The molecule has 0 bridgehead atoms. The van der Waals surface area contributed by atoms with Crippen molar-refractivity contribution in [1.29, 1.82) is 0 Å². The molecule has 1 saturated carbocycles. The molecular formula is C58H65N3O10. The van der Waals surface area contributed by atoms with Gasteiger partial charge in [-0.3, -0.25) is 15.0 Å². The number of aliphatic hydroxyl groups is 2. The number of nitro benzene ring substituents is 1. The molecule has 5 aromatic carbocycles. The van der Waals surface area contributed by atoms with Gasteiger partial charge in [0, 0.05) is 43.2 Å². The fourth-order valence-electron chi connectivity index (χ4n) is 10.8. The number of amides is 1. The maximum Gasteiger partial charge on any atom is 0.410 e. The minimum atomic E-state index is -1.54. The summed E-state index contributed by atoms with van der Waals surface area (Å²) in [5, 5.41) is 38.6. The van der Waals surface area contributed by atoms with Crippen molar-refractivity contribution < 1.29 is 43.7 Å². The summed E-state index contributed by atoms with van der Waals surface area (Å²) in [5.41, 5.74) is 6.20. The van der Waals surface area contributed by atoms with E-state index in [0.717, 1.165) is 64.3 Å². The molecule has 1 fully saturated rings. The van der Waals surface area contributed by atoms with Gasteiger partial charge in [0.15, 0.2) is 0 Å². The lowest BCUT2D eigenvalue weighted by atomic mass is 9.55. The van der Waals surface area contributed by atoms with Crippen LogP contribution in [0.2, 0.25) is 0 Å². The quantitative estimate of drug-likeness (QED) is 0.0279. The maximum atomic E-state index is 15.1. The maximum absolute atomic E-state index is 15.1. The zero-order valence-corrected chi connectivity index (χ0v) is 40.7. The van der Waals surface area contributed by atoms with Gasteiger partial charge in [0.1, 0.15) is 29.9 Å². The van der Waals surface area contributed by atoms with E-state index in [1.165, 1.54) is 12.1 Å². The molecule has 2 N–H and O–H groups in total. The third kappa shape index (κ3) is 11.2. The van der Waals surface area contributed by atoms with E-state index in [-0.39, 0.29) is 69.4 Å². The molecule has 71 heavy (non-hydrogen) atoms. The van der Waals surface area contributed by atoms with Crippen LogP contribution >= 0.6 is 0 Å². The summed E-state index contributed by atoms with van der Waals surface area (Å²) >= 11 is 0. The van der Waals surface area contributed by atoms with Crippen LogP contribution in [0.15, 0.2) is 145 Å². The Morgan fingerprint density at radius 1 is 0.901 bits per heavy atom. The van der Waals surface area contributed by atoms with E-state index in [2.05, 4.69) is 39.1 Å². The van der Waals surface area contributed by atoms with Crippen LogP contribution in [0.25, 0.3) is 10.8 Å². The number of fused-ring (bicyclic) bond motifs is 3.